The number of carbonyl (C=O) groups is 1. The van der Waals surface area contributed by atoms with Gasteiger partial charge in [-0.05, 0) is 36.4 Å². The van der Waals surface area contributed by atoms with Crippen LogP contribution in [0.5, 0.6) is 17.4 Å². The van der Waals surface area contributed by atoms with Crippen LogP contribution in [-0.2, 0) is 7.05 Å². The fourth-order valence-corrected chi connectivity index (χ4v) is 2.97. The highest BCUT2D eigenvalue weighted by molar-refractivity contribution is 9.10. The van der Waals surface area contributed by atoms with E-state index >= 15 is 0 Å². The minimum atomic E-state index is -0.558. The van der Waals surface area contributed by atoms with Gasteiger partial charge in [0, 0.05) is 22.5 Å². The number of hydrogen-bond donors (Lipinski definition) is 1. The molecule has 26 heavy (non-hydrogen) atoms. The molecule has 0 bridgehead atoms. The van der Waals surface area contributed by atoms with Gasteiger partial charge in [-0.25, -0.2) is 0 Å². The first-order chi connectivity index (χ1) is 12.5. The molecule has 1 heterocycles. The minimum Gasteiger partial charge on any atom is -0.493 e. The van der Waals surface area contributed by atoms with E-state index in [9.17, 15) is 9.90 Å². The van der Waals surface area contributed by atoms with E-state index in [1.165, 1.54) is 20.3 Å². The van der Waals surface area contributed by atoms with Crippen molar-refractivity contribution in [2.75, 3.05) is 14.2 Å². The van der Waals surface area contributed by atoms with Gasteiger partial charge < -0.3 is 19.1 Å². The summed E-state index contributed by atoms with van der Waals surface area (Å²) in [6.45, 7) is 0. The lowest BCUT2D eigenvalue weighted by molar-refractivity contribution is 0.0994. The molecule has 1 amide bonds. The number of amides is 1. The Bertz CT molecular complexity index is 1030. The fraction of sp³-hybridized carbons (Fsp3) is 0.167. The Balaban J connectivity index is 1.98. The highest BCUT2D eigenvalue weighted by atomic mass is 79.9. The Kier molecular flexibility index (Phi) is 4.94. The van der Waals surface area contributed by atoms with Gasteiger partial charge in [0.15, 0.2) is 17.2 Å². The molecule has 0 aliphatic heterocycles. The monoisotopic (exact) mass is 417 g/mol. The molecule has 2 aromatic carbocycles. The Hall–Kier alpha value is -2.87. The first-order valence-electron chi connectivity index (χ1n) is 7.61. The third-order valence-electron chi connectivity index (χ3n) is 3.98. The van der Waals surface area contributed by atoms with E-state index in [4.69, 9.17) is 9.47 Å². The van der Waals surface area contributed by atoms with Crippen LogP contribution in [0, 0.1) is 0 Å². The first-order valence-corrected chi connectivity index (χ1v) is 8.40. The quantitative estimate of drug-likeness (QED) is 0.629. The maximum Gasteiger partial charge on any atom is 0.295 e. The largest absolute Gasteiger partial charge is 0.493 e. The second-order valence-electron chi connectivity index (χ2n) is 5.47. The van der Waals surface area contributed by atoms with Gasteiger partial charge in [-0.15, -0.1) is 10.2 Å². The van der Waals surface area contributed by atoms with Crippen LogP contribution in [0.3, 0.4) is 0 Å². The van der Waals surface area contributed by atoms with Gasteiger partial charge in [0.1, 0.15) is 0 Å². The summed E-state index contributed by atoms with van der Waals surface area (Å²) in [7, 11) is 4.71. The van der Waals surface area contributed by atoms with E-state index in [-0.39, 0.29) is 11.6 Å². The Morgan fingerprint density at radius 3 is 2.54 bits per heavy atom. The standard InChI is InChI=1S/C18H16BrN3O4/c1-22-13-6-5-11(19)9-12(13)16(18(22)24)20-21-17(23)10-4-7-14(25-2)15(8-10)26-3/h4-9,24H,1-3H3. The first kappa shape index (κ1) is 17.9. The Morgan fingerprint density at radius 1 is 1.12 bits per heavy atom. The lowest BCUT2D eigenvalue weighted by Gasteiger charge is -2.07. The molecular weight excluding hydrogens is 402 g/mol. The second-order valence-corrected chi connectivity index (χ2v) is 6.38. The number of benzene rings is 2. The minimum absolute atomic E-state index is 0.0676. The molecule has 3 rings (SSSR count). The number of hydrogen-bond acceptors (Lipinski definition) is 5. The fourth-order valence-electron chi connectivity index (χ4n) is 2.60. The van der Waals surface area contributed by atoms with Crippen LogP contribution in [0.2, 0.25) is 0 Å². The molecule has 0 unspecified atom stereocenters. The van der Waals surface area contributed by atoms with Gasteiger partial charge in [-0.1, -0.05) is 15.9 Å². The van der Waals surface area contributed by atoms with Gasteiger partial charge in [0.05, 0.1) is 19.7 Å². The molecule has 0 saturated carbocycles. The zero-order valence-corrected chi connectivity index (χ0v) is 15.9. The van der Waals surface area contributed by atoms with Crippen LogP contribution in [0.4, 0.5) is 5.69 Å². The molecule has 134 valence electrons. The van der Waals surface area contributed by atoms with E-state index in [2.05, 4.69) is 26.2 Å². The molecule has 3 aromatic rings. The number of azo groups is 1. The molecule has 1 aromatic heterocycles. The molecule has 0 radical (unpaired) electrons. The lowest BCUT2D eigenvalue weighted by atomic mass is 10.2. The summed E-state index contributed by atoms with van der Waals surface area (Å²) >= 11 is 3.39. The van der Waals surface area contributed by atoms with Crippen LogP contribution >= 0.6 is 15.9 Å². The molecule has 0 saturated heterocycles. The second kappa shape index (κ2) is 7.17. The predicted molar refractivity (Wildman–Crippen MR) is 101 cm³/mol. The highest BCUT2D eigenvalue weighted by Gasteiger charge is 2.16. The lowest BCUT2D eigenvalue weighted by Crippen LogP contribution is -1.97. The van der Waals surface area contributed by atoms with E-state index in [1.807, 2.05) is 18.2 Å². The van der Waals surface area contributed by atoms with Crippen molar-refractivity contribution in [3.8, 4) is 17.4 Å². The highest BCUT2D eigenvalue weighted by Crippen LogP contribution is 2.39. The third kappa shape index (κ3) is 3.15. The van der Waals surface area contributed by atoms with Gasteiger partial charge in [0.25, 0.3) is 5.91 Å². The summed E-state index contributed by atoms with van der Waals surface area (Å²) in [6, 6.07) is 10.2. The summed E-state index contributed by atoms with van der Waals surface area (Å²) in [5, 5.41) is 18.7. The number of ether oxygens (including phenoxy) is 2. The molecule has 0 aliphatic carbocycles. The number of rotatable bonds is 4. The van der Waals surface area contributed by atoms with Crippen LogP contribution in [-0.4, -0.2) is 29.8 Å². The van der Waals surface area contributed by atoms with Gasteiger partial charge >= 0.3 is 0 Å². The normalized spacial score (nSPS) is 11.2. The van der Waals surface area contributed by atoms with Crippen LogP contribution in [0.15, 0.2) is 51.1 Å². The molecule has 7 nitrogen and oxygen atoms in total. The number of fused-ring (bicyclic) bond motifs is 1. The number of aryl methyl sites for hydroxylation is 1. The maximum atomic E-state index is 12.4. The number of halogens is 1. The molecule has 0 spiro atoms. The van der Waals surface area contributed by atoms with Crippen molar-refractivity contribution in [3.05, 3.63) is 46.4 Å². The van der Waals surface area contributed by atoms with Crippen molar-refractivity contribution in [3.63, 3.8) is 0 Å². The van der Waals surface area contributed by atoms with Crippen molar-refractivity contribution in [1.29, 1.82) is 0 Å². The topological polar surface area (TPSA) is 85.4 Å². The van der Waals surface area contributed by atoms with Crippen LogP contribution in [0.25, 0.3) is 10.9 Å². The third-order valence-corrected chi connectivity index (χ3v) is 4.47. The van der Waals surface area contributed by atoms with Crippen molar-refractivity contribution >= 4 is 38.4 Å². The number of methoxy groups -OCH3 is 2. The number of aromatic hydroxyl groups is 1. The average molecular weight is 418 g/mol. The smallest absolute Gasteiger partial charge is 0.295 e. The summed E-state index contributed by atoms with van der Waals surface area (Å²) in [5.41, 5.74) is 1.31. The maximum absolute atomic E-state index is 12.4. The molecule has 0 aliphatic rings. The van der Waals surface area contributed by atoms with Crippen LogP contribution in [0.1, 0.15) is 10.4 Å². The number of nitrogens with zero attached hydrogens (tertiary/aromatic N) is 3. The van der Waals surface area contributed by atoms with Gasteiger partial charge in [-0.2, -0.15) is 0 Å². The van der Waals surface area contributed by atoms with Gasteiger partial charge in [0.2, 0.25) is 5.88 Å². The summed E-state index contributed by atoms with van der Waals surface area (Å²) in [6.07, 6.45) is 0. The van der Waals surface area contributed by atoms with Crippen LogP contribution < -0.4 is 9.47 Å². The molecule has 8 heteroatoms. The number of carbonyl (C=O) groups excluding carboxylic acids is 1. The van der Waals surface area contributed by atoms with E-state index < -0.39 is 5.91 Å². The predicted octanol–water partition coefficient (Wildman–Crippen LogP) is 4.59. The Morgan fingerprint density at radius 2 is 1.85 bits per heavy atom. The molecule has 0 fully saturated rings. The summed E-state index contributed by atoms with van der Waals surface area (Å²) in [4.78, 5) is 12.4. The molecule has 1 N–H and O–H groups in total. The summed E-state index contributed by atoms with van der Waals surface area (Å²) in [5.74, 6) is 0.308. The molecule has 0 atom stereocenters. The van der Waals surface area contributed by atoms with Crippen molar-refractivity contribution in [1.82, 2.24) is 4.57 Å². The zero-order chi connectivity index (χ0) is 18.8. The van der Waals surface area contributed by atoms with E-state index in [1.54, 1.807) is 23.7 Å². The van der Waals surface area contributed by atoms with E-state index in [0.29, 0.717) is 22.4 Å². The Labute approximate surface area is 158 Å². The zero-order valence-electron chi connectivity index (χ0n) is 14.4. The van der Waals surface area contributed by atoms with Gasteiger partial charge in [-0.3, -0.25) is 4.79 Å². The molecular formula is C18H16BrN3O4. The van der Waals surface area contributed by atoms with Crippen molar-refractivity contribution < 1.29 is 19.4 Å². The average Bonchev–Trinajstić information content (AvgIpc) is 2.89. The number of aromatic nitrogens is 1. The SMILES string of the molecule is COc1ccc(C(=O)N=Nc2c(O)n(C)c3ccc(Br)cc23)cc1OC. The van der Waals surface area contributed by atoms with E-state index in [0.717, 1.165) is 9.99 Å². The summed E-state index contributed by atoms with van der Waals surface area (Å²) < 4.78 is 12.7. The van der Waals surface area contributed by atoms with Crippen molar-refractivity contribution in [2.45, 2.75) is 0 Å². The van der Waals surface area contributed by atoms with Crippen molar-refractivity contribution in [2.24, 2.45) is 17.3 Å².